The predicted octanol–water partition coefficient (Wildman–Crippen LogP) is 2.97. The number of nitrogens with one attached hydrogen (secondary N) is 1. The van der Waals surface area contributed by atoms with Crippen molar-refractivity contribution in [1.29, 1.82) is 0 Å². The van der Waals surface area contributed by atoms with Crippen molar-refractivity contribution in [3.63, 3.8) is 0 Å². The first kappa shape index (κ1) is 21.8. The number of aromatic nitrogens is 1. The second-order valence-corrected chi connectivity index (χ2v) is 8.92. The smallest absolute Gasteiger partial charge is 0.273 e. The van der Waals surface area contributed by atoms with E-state index in [2.05, 4.69) is 15.4 Å². The summed E-state index contributed by atoms with van der Waals surface area (Å²) < 4.78 is 24.1. The van der Waals surface area contributed by atoms with Gasteiger partial charge in [0.1, 0.15) is 17.6 Å². The fourth-order valence-electron chi connectivity index (χ4n) is 3.75. The van der Waals surface area contributed by atoms with E-state index < -0.39 is 23.7 Å². The van der Waals surface area contributed by atoms with E-state index in [0.717, 1.165) is 21.9 Å². The maximum Gasteiger partial charge on any atom is 0.273 e. The number of nitrogens with zero attached hydrogens (tertiary/aromatic N) is 3. The quantitative estimate of drug-likeness (QED) is 0.559. The molecular weight excluding hydrogens is 461 g/mol. The molecule has 34 heavy (non-hydrogen) atoms. The molecule has 2 aliphatic rings. The molecule has 0 saturated carbocycles. The van der Waals surface area contributed by atoms with E-state index in [4.69, 9.17) is 15.2 Å². The molecule has 2 aliphatic heterocycles. The highest BCUT2D eigenvalue weighted by atomic mass is 32.1. The molecule has 0 spiro atoms. The number of fused-ring (bicyclic) bond motifs is 1. The van der Waals surface area contributed by atoms with Crippen molar-refractivity contribution in [2.45, 2.75) is 25.8 Å². The molecule has 1 atom stereocenters. The van der Waals surface area contributed by atoms with Gasteiger partial charge in [-0.2, -0.15) is 5.10 Å². The molecule has 1 aromatic heterocycles. The van der Waals surface area contributed by atoms with Gasteiger partial charge in [-0.3, -0.25) is 19.9 Å². The maximum atomic E-state index is 13.3. The van der Waals surface area contributed by atoms with Crippen molar-refractivity contribution in [2.75, 3.05) is 17.1 Å². The monoisotopic (exact) mass is 481 g/mol. The molecule has 0 saturated heterocycles. The number of hydrazone groups is 1. The number of carbonyl (C=O) groups excluding carboxylic acids is 2. The summed E-state index contributed by atoms with van der Waals surface area (Å²) in [5.74, 6) is -0.0939. The summed E-state index contributed by atoms with van der Waals surface area (Å²) in [7, 11) is 0. The molecule has 0 radical (unpaired) electrons. The Labute approximate surface area is 198 Å². The molecule has 5 rings (SSSR count). The van der Waals surface area contributed by atoms with Crippen LogP contribution in [0, 0.1) is 12.7 Å². The van der Waals surface area contributed by atoms with Gasteiger partial charge >= 0.3 is 0 Å². The largest absolute Gasteiger partial charge is 0.454 e. The number of aryl methyl sites for hydroxylation is 1. The van der Waals surface area contributed by atoms with Crippen molar-refractivity contribution >= 4 is 39.7 Å². The lowest BCUT2D eigenvalue weighted by Crippen LogP contribution is -2.39. The van der Waals surface area contributed by atoms with Crippen LogP contribution in [0.2, 0.25) is 0 Å². The van der Waals surface area contributed by atoms with Crippen LogP contribution in [0.3, 0.4) is 0 Å². The predicted molar refractivity (Wildman–Crippen MR) is 125 cm³/mol. The fraction of sp³-hybridized carbons (Fsp3) is 0.217. The average molecular weight is 482 g/mol. The number of nitrogens with two attached hydrogens (primary N) is 1. The summed E-state index contributed by atoms with van der Waals surface area (Å²) in [6.45, 7) is 2.09. The molecule has 0 fully saturated rings. The van der Waals surface area contributed by atoms with Gasteiger partial charge in [-0.15, -0.1) is 11.3 Å². The van der Waals surface area contributed by atoms with Gasteiger partial charge in [-0.25, -0.2) is 9.37 Å². The average Bonchev–Trinajstić information content (AvgIpc) is 3.53. The lowest BCUT2D eigenvalue weighted by Gasteiger charge is -2.20. The third-order valence-electron chi connectivity index (χ3n) is 5.51. The summed E-state index contributed by atoms with van der Waals surface area (Å²) in [6, 6.07) is 10.4. The molecule has 1 unspecified atom stereocenters. The Morgan fingerprint density at radius 1 is 1.21 bits per heavy atom. The Bertz CT molecular complexity index is 1310. The first-order valence-corrected chi connectivity index (χ1v) is 11.3. The topological polar surface area (TPSA) is 119 Å². The Balaban J connectivity index is 1.31. The zero-order chi connectivity index (χ0) is 23.8. The molecule has 9 nitrogen and oxygen atoms in total. The Morgan fingerprint density at radius 3 is 2.74 bits per heavy atom. The Hall–Kier alpha value is -3.99. The molecule has 11 heteroatoms. The molecule has 2 aromatic carbocycles. The highest BCUT2D eigenvalue weighted by molar-refractivity contribution is 7.16. The summed E-state index contributed by atoms with van der Waals surface area (Å²) in [4.78, 5) is 30.3. The van der Waals surface area contributed by atoms with Gasteiger partial charge in [0.05, 0.1) is 11.4 Å². The van der Waals surface area contributed by atoms with E-state index in [-0.39, 0.29) is 18.9 Å². The fourth-order valence-corrected chi connectivity index (χ4v) is 4.74. The molecular formula is C23H20FN5O4S. The number of anilines is 2. The van der Waals surface area contributed by atoms with E-state index in [1.54, 1.807) is 0 Å². The van der Waals surface area contributed by atoms with Gasteiger partial charge in [-0.1, -0.05) is 6.07 Å². The van der Waals surface area contributed by atoms with Crippen molar-refractivity contribution in [3.05, 3.63) is 64.4 Å². The molecule has 3 N–H and O–H groups in total. The normalized spacial score (nSPS) is 16.5. The first-order valence-electron chi connectivity index (χ1n) is 10.4. The third-order valence-corrected chi connectivity index (χ3v) is 6.58. The number of amides is 2. The highest BCUT2D eigenvalue weighted by Crippen LogP contribution is 2.34. The molecule has 0 bridgehead atoms. The minimum Gasteiger partial charge on any atom is -0.454 e. The van der Waals surface area contributed by atoms with E-state index in [9.17, 15) is 14.0 Å². The van der Waals surface area contributed by atoms with Crippen molar-refractivity contribution in [3.8, 4) is 11.5 Å². The standard InChI is InChI=1S/C23H20FN5O4S/c1-12-20(9-13-2-7-18-19(8-13)33-11-32-18)34-23(26-12)27-22(31)16-10-17(21(25)30)29(28-16)15-5-3-14(24)4-6-15/h2-8,17H,9-11H2,1H3,(H2,25,30)(H,26,27,31). The SMILES string of the molecule is Cc1nc(NC(=O)C2=NN(c3ccc(F)cc3)C(C(N)=O)C2)sc1Cc1ccc2c(c1)OCO2. The number of hydrogen-bond donors (Lipinski definition) is 2. The third kappa shape index (κ3) is 4.29. The number of carbonyl (C=O) groups is 2. The number of thiazole rings is 1. The van der Waals surface area contributed by atoms with Crippen LogP contribution < -0.4 is 25.5 Å². The van der Waals surface area contributed by atoms with Crippen LogP contribution in [0.5, 0.6) is 11.5 Å². The highest BCUT2D eigenvalue weighted by Gasteiger charge is 2.35. The van der Waals surface area contributed by atoms with Gasteiger partial charge in [0.15, 0.2) is 16.6 Å². The zero-order valence-electron chi connectivity index (χ0n) is 18.1. The Kier molecular flexibility index (Phi) is 5.62. The number of benzene rings is 2. The minimum atomic E-state index is -0.842. The number of ether oxygens (including phenoxy) is 2. The zero-order valence-corrected chi connectivity index (χ0v) is 18.9. The van der Waals surface area contributed by atoms with E-state index in [0.29, 0.717) is 23.0 Å². The van der Waals surface area contributed by atoms with E-state index in [1.165, 1.54) is 40.6 Å². The van der Waals surface area contributed by atoms with Gasteiger partial charge in [0, 0.05) is 17.7 Å². The number of halogens is 1. The molecule has 2 amide bonds. The van der Waals surface area contributed by atoms with Crippen LogP contribution >= 0.6 is 11.3 Å². The minimum absolute atomic E-state index is 0.0347. The summed E-state index contributed by atoms with van der Waals surface area (Å²) in [5, 5.41) is 8.82. The van der Waals surface area contributed by atoms with Crippen LogP contribution in [0.1, 0.15) is 22.6 Å². The summed E-state index contributed by atoms with van der Waals surface area (Å²) >= 11 is 1.36. The number of rotatable bonds is 6. The van der Waals surface area contributed by atoms with Crippen LogP contribution in [-0.4, -0.2) is 35.3 Å². The van der Waals surface area contributed by atoms with Gasteiger partial charge < -0.3 is 15.2 Å². The van der Waals surface area contributed by atoms with Crippen molar-refractivity contribution in [1.82, 2.24) is 4.98 Å². The molecule has 0 aliphatic carbocycles. The first-order chi connectivity index (χ1) is 16.4. The number of hydrogen-bond acceptors (Lipinski definition) is 8. The lowest BCUT2D eigenvalue weighted by atomic mass is 10.1. The molecule has 3 heterocycles. The van der Waals surface area contributed by atoms with E-state index in [1.807, 2.05) is 25.1 Å². The van der Waals surface area contributed by atoms with Crippen molar-refractivity contribution < 1.29 is 23.5 Å². The summed E-state index contributed by atoms with van der Waals surface area (Å²) in [5.41, 5.74) is 7.95. The second-order valence-electron chi connectivity index (χ2n) is 7.84. The van der Waals surface area contributed by atoms with Crippen LogP contribution in [0.15, 0.2) is 47.6 Å². The number of primary amides is 1. The maximum absolute atomic E-state index is 13.3. The van der Waals surface area contributed by atoms with Gasteiger partial charge in [0.25, 0.3) is 5.91 Å². The second kappa shape index (κ2) is 8.75. The lowest BCUT2D eigenvalue weighted by molar-refractivity contribution is -0.119. The van der Waals surface area contributed by atoms with E-state index >= 15 is 0 Å². The molecule has 174 valence electrons. The van der Waals surface area contributed by atoms with Crippen LogP contribution in [0.4, 0.5) is 15.2 Å². The van der Waals surface area contributed by atoms with Crippen molar-refractivity contribution in [2.24, 2.45) is 10.8 Å². The molecule has 3 aromatic rings. The van der Waals surface area contributed by atoms with Crippen LogP contribution in [0.25, 0.3) is 0 Å². The van der Waals surface area contributed by atoms with Crippen LogP contribution in [-0.2, 0) is 16.0 Å². The van der Waals surface area contributed by atoms with Gasteiger partial charge in [-0.05, 0) is 48.9 Å². The summed E-state index contributed by atoms with van der Waals surface area (Å²) in [6.07, 6.45) is 0.659. The Morgan fingerprint density at radius 2 is 1.97 bits per heavy atom. The van der Waals surface area contributed by atoms with Gasteiger partial charge in [0.2, 0.25) is 12.7 Å².